The summed E-state index contributed by atoms with van der Waals surface area (Å²) < 4.78 is 9.14. The van der Waals surface area contributed by atoms with Crippen molar-refractivity contribution in [1.29, 1.82) is 0 Å². The van der Waals surface area contributed by atoms with Gasteiger partial charge in [0.05, 0.1) is 11.1 Å². The molecule has 0 spiro atoms. The van der Waals surface area contributed by atoms with Crippen LogP contribution in [0.15, 0.2) is 17.7 Å². The molecular formula is C30H40Na3O9P. The van der Waals surface area contributed by atoms with E-state index in [1.807, 2.05) is 19.9 Å². The van der Waals surface area contributed by atoms with E-state index in [1.54, 1.807) is 0 Å². The Morgan fingerprint density at radius 2 is 1.47 bits per heavy atom. The largest absolute Gasteiger partial charge is 1.00 e. The van der Waals surface area contributed by atoms with Crippen LogP contribution >= 0.6 is 7.60 Å². The zero-order valence-electron chi connectivity index (χ0n) is 27.1. The van der Waals surface area contributed by atoms with Crippen LogP contribution in [-0.4, -0.2) is 27.0 Å². The molecule has 0 aromatic heterocycles. The molecular weight excluding hydrogens is 604 g/mol. The van der Waals surface area contributed by atoms with Gasteiger partial charge in [-0.15, -0.1) is 0 Å². The number of carboxylic acid groups (broad SMARTS) is 2. The smallest absolute Gasteiger partial charge is 0.807 e. The molecule has 0 aliphatic heterocycles. The van der Waals surface area contributed by atoms with Gasteiger partial charge in [-0.1, -0.05) is 39.3 Å². The minimum absolute atomic E-state index is 0. The number of hydrogen-bond donors (Lipinski definition) is 3. The fraction of sp³-hybridized carbons (Fsp3) is 0.667. The molecule has 3 fully saturated rings. The molecule has 3 N–H and O–H groups in total. The predicted octanol–water partition coefficient (Wildman–Crippen LogP) is -5.10. The average Bonchev–Trinajstić information content (AvgIpc) is 2.85. The molecule has 1 aromatic rings. The summed E-state index contributed by atoms with van der Waals surface area (Å²) in [5.74, 6) is -0.282. The van der Waals surface area contributed by atoms with Crippen LogP contribution in [0.4, 0.5) is 4.79 Å². The summed E-state index contributed by atoms with van der Waals surface area (Å²) in [5.41, 5.74) is 1.44. The van der Waals surface area contributed by atoms with Crippen LogP contribution in [-0.2, 0) is 21.2 Å². The number of fused-ring (bicyclic) bond motifs is 7. The van der Waals surface area contributed by atoms with Crippen LogP contribution in [0.2, 0.25) is 0 Å². The van der Waals surface area contributed by atoms with Gasteiger partial charge in [0.1, 0.15) is 0 Å². The second-order valence-corrected chi connectivity index (χ2v) is 15.2. The number of allylic oxidation sites excluding steroid dienone is 2. The maximum absolute atomic E-state index is 12.3. The monoisotopic (exact) mass is 644 g/mol. The Bertz CT molecular complexity index is 1360. The Labute approximate surface area is 320 Å². The molecule has 0 bridgehead atoms. The number of aromatic hydroxyl groups is 2. The van der Waals surface area contributed by atoms with Crippen molar-refractivity contribution in [3.8, 4) is 11.5 Å². The normalized spacial score (nSPS) is 35.6. The first-order valence-corrected chi connectivity index (χ1v) is 15.4. The minimum Gasteiger partial charge on any atom is -0.807 e. The van der Waals surface area contributed by atoms with E-state index in [0.717, 1.165) is 62.5 Å². The van der Waals surface area contributed by atoms with E-state index in [0.29, 0.717) is 5.92 Å². The van der Waals surface area contributed by atoms with Crippen molar-refractivity contribution in [3.05, 3.63) is 34.4 Å². The molecule has 0 saturated heterocycles. The van der Waals surface area contributed by atoms with E-state index in [2.05, 4.69) is 33.8 Å². The number of carboxylic acids is 1. The van der Waals surface area contributed by atoms with E-state index < -0.39 is 24.7 Å². The summed E-state index contributed by atoms with van der Waals surface area (Å²) in [4.78, 5) is 39.6. The molecule has 6 atom stereocenters. The maximum Gasteiger partial charge on any atom is 1.00 e. The van der Waals surface area contributed by atoms with Crippen molar-refractivity contribution in [1.82, 2.24) is 0 Å². The molecule has 5 rings (SSSR count). The first-order valence-electron chi connectivity index (χ1n) is 13.9. The molecule has 4 aliphatic carbocycles. The Morgan fingerprint density at radius 1 is 0.930 bits per heavy atom. The number of carbonyl (C=O) groups is 2. The summed E-state index contributed by atoms with van der Waals surface area (Å²) in [6.07, 6.45) is 10.0. The first-order chi connectivity index (χ1) is 18.2. The quantitative estimate of drug-likeness (QED) is 0.123. The van der Waals surface area contributed by atoms with Crippen molar-refractivity contribution in [2.45, 2.75) is 98.3 Å². The maximum atomic E-state index is 12.3. The third-order valence-electron chi connectivity index (χ3n) is 11.8. The van der Waals surface area contributed by atoms with E-state index in [-0.39, 0.29) is 122 Å². The number of benzene rings is 1. The molecule has 0 radical (unpaired) electrons. The van der Waals surface area contributed by atoms with Gasteiger partial charge in [-0.05, 0) is 118 Å². The third kappa shape index (κ3) is 6.69. The number of hydrogen-bond acceptors (Lipinski definition) is 8. The first kappa shape index (κ1) is 41.7. The van der Waals surface area contributed by atoms with Crippen LogP contribution in [0.3, 0.4) is 0 Å². The molecule has 0 amide bonds. The molecule has 3 saturated carbocycles. The Kier molecular flexibility index (Phi) is 13.2. The summed E-state index contributed by atoms with van der Waals surface area (Å²) >= 11 is 0. The van der Waals surface area contributed by atoms with Crippen LogP contribution < -0.4 is 104 Å². The molecule has 6 unspecified atom stereocenters. The predicted molar refractivity (Wildman–Crippen MR) is 143 cm³/mol. The summed E-state index contributed by atoms with van der Waals surface area (Å²) in [6.45, 7) is 13.5. The Hall–Kier alpha value is 0.650. The number of phenols is 2. The fourth-order valence-electron chi connectivity index (χ4n) is 8.89. The Balaban J connectivity index is 0.000000831. The summed E-state index contributed by atoms with van der Waals surface area (Å²) in [5, 5.41) is 39.9. The molecule has 222 valence electrons. The summed E-state index contributed by atoms with van der Waals surface area (Å²) in [7, 11) is -5.43. The van der Waals surface area contributed by atoms with Crippen molar-refractivity contribution >= 4 is 19.3 Å². The van der Waals surface area contributed by atoms with Crippen LogP contribution in [0.5, 0.6) is 11.5 Å². The molecule has 13 heteroatoms. The van der Waals surface area contributed by atoms with Gasteiger partial charge in [0.2, 0.25) is 0 Å². The SMILES string of the molecule is Cc1c(O)c(O)cc2c1CC=C1C2(C)CCC2(C)C3CC(C)(C(=O)O)CCC3(C)CCC12C.O=C([O-])P(=O)([O-])[O-].[Na+].[Na+].[Na+]. The fourth-order valence-corrected chi connectivity index (χ4v) is 8.89. The second kappa shape index (κ2) is 13.6. The van der Waals surface area contributed by atoms with Crippen molar-refractivity contribution < 1.29 is 133 Å². The average molecular weight is 645 g/mol. The number of rotatable bonds is 2. The van der Waals surface area contributed by atoms with Gasteiger partial charge < -0.3 is 39.6 Å². The van der Waals surface area contributed by atoms with Gasteiger partial charge in [-0.25, -0.2) is 0 Å². The van der Waals surface area contributed by atoms with Gasteiger partial charge >= 0.3 is 94.6 Å². The third-order valence-corrected chi connectivity index (χ3v) is 12.3. The molecule has 43 heavy (non-hydrogen) atoms. The van der Waals surface area contributed by atoms with E-state index >= 15 is 0 Å². The number of aliphatic carboxylic acids is 1. The van der Waals surface area contributed by atoms with E-state index in [4.69, 9.17) is 24.3 Å². The van der Waals surface area contributed by atoms with Crippen LogP contribution in [0.25, 0.3) is 0 Å². The van der Waals surface area contributed by atoms with Gasteiger partial charge in [-0.3, -0.25) is 4.79 Å². The van der Waals surface area contributed by atoms with Crippen molar-refractivity contribution in [3.63, 3.8) is 0 Å². The van der Waals surface area contributed by atoms with Crippen molar-refractivity contribution in [2.24, 2.45) is 27.6 Å². The van der Waals surface area contributed by atoms with Crippen molar-refractivity contribution in [2.75, 3.05) is 0 Å². The molecule has 0 heterocycles. The van der Waals surface area contributed by atoms with E-state index in [1.165, 1.54) is 11.1 Å². The van der Waals surface area contributed by atoms with Crippen LogP contribution in [0, 0.1) is 34.5 Å². The standard InChI is InChI=1S/C29H40O4.CH3O5P.3Na/c1-17-18-7-8-21-27(4,19(18)15-20(30)23(17)31)12-14-29(6)22-16-26(3,24(32)33)10-9-25(22,2)11-13-28(21,29)5;2-1(3)7(4,5)6;;;/h8,15,22,30-31H,7,9-14,16H2,1-6H3,(H,32,33);(H,2,3)(H2,4,5,6);;;/q;;3*+1/p-3. The Morgan fingerprint density at radius 3 is 1.98 bits per heavy atom. The van der Waals surface area contributed by atoms with E-state index in [9.17, 15) is 20.1 Å². The zero-order valence-corrected chi connectivity index (χ0v) is 34.0. The van der Waals surface area contributed by atoms with Gasteiger partial charge in [0, 0.05) is 5.41 Å². The van der Waals surface area contributed by atoms with Gasteiger partial charge in [0.25, 0.3) is 0 Å². The molecule has 1 aromatic carbocycles. The van der Waals surface area contributed by atoms with Crippen LogP contribution in [0.1, 0.15) is 96.3 Å². The number of phenolic OH excluding ortho intramolecular Hbond substituents is 2. The topological polar surface area (TPSA) is 181 Å². The molecule has 4 aliphatic rings. The van der Waals surface area contributed by atoms with Gasteiger partial charge in [-0.2, -0.15) is 0 Å². The molecule has 9 nitrogen and oxygen atoms in total. The minimum atomic E-state index is -5.43. The van der Waals surface area contributed by atoms with Gasteiger partial charge in [0.15, 0.2) is 11.5 Å². The summed E-state index contributed by atoms with van der Waals surface area (Å²) in [6, 6.07) is 1.81. The number of carbonyl (C=O) groups excluding carboxylic acids is 1. The second-order valence-electron chi connectivity index (χ2n) is 13.8. The zero-order chi connectivity index (χ0) is 30.3.